The van der Waals surface area contributed by atoms with Gasteiger partial charge >= 0.3 is 12.4 Å². The van der Waals surface area contributed by atoms with Crippen molar-refractivity contribution in [1.29, 1.82) is 0 Å². The predicted molar refractivity (Wildman–Crippen MR) is 95.8 cm³/mol. The number of halogens is 6. The van der Waals surface area contributed by atoms with Gasteiger partial charge in [0.15, 0.2) is 0 Å². The molecule has 0 unspecified atom stereocenters. The molecule has 0 saturated carbocycles. The molecule has 2 rings (SSSR count). The summed E-state index contributed by atoms with van der Waals surface area (Å²) < 4.78 is 103. The zero-order chi connectivity index (χ0) is 22.7. The van der Waals surface area contributed by atoms with Crippen LogP contribution in [0.15, 0.2) is 41.8 Å². The topological polar surface area (TPSA) is 57.7 Å². The summed E-state index contributed by atoms with van der Waals surface area (Å²) in [5.41, 5.74) is -1.11. The quantitative estimate of drug-likeness (QED) is 0.483. The maximum Gasteiger partial charge on any atom is 0.416 e. The SMILES string of the molecule is C=CCN(CC(F)(F)F)C(=O)C1CCN(S(=O)(=O)c2cccc(C(F)(F)F)c2)CC1. The molecule has 1 aliphatic heterocycles. The zero-order valence-electron chi connectivity index (χ0n) is 15.7. The Bertz CT molecular complexity index is 875. The summed E-state index contributed by atoms with van der Waals surface area (Å²) in [4.78, 5) is 12.5. The van der Waals surface area contributed by atoms with E-state index in [2.05, 4.69) is 6.58 Å². The molecule has 0 spiro atoms. The molecule has 1 aromatic rings. The van der Waals surface area contributed by atoms with Gasteiger partial charge in [0.2, 0.25) is 15.9 Å². The average Bonchev–Trinajstić information content (AvgIpc) is 2.65. The van der Waals surface area contributed by atoms with Gasteiger partial charge in [-0.3, -0.25) is 4.79 Å². The molecule has 0 atom stereocenters. The van der Waals surface area contributed by atoms with E-state index in [1.807, 2.05) is 0 Å². The lowest BCUT2D eigenvalue weighted by Crippen LogP contribution is -2.46. The number of carbonyl (C=O) groups is 1. The van der Waals surface area contributed by atoms with Crippen LogP contribution in [0.2, 0.25) is 0 Å². The summed E-state index contributed by atoms with van der Waals surface area (Å²) in [5, 5.41) is 0. The highest BCUT2D eigenvalue weighted by Crippen LogP contribution is 2.32. The van der Waals surface area contributed by atoms with Crippen LogP contribution in [0.1, 0.15) is 18.4 Å². The average molecular weight is 458 g/mol. The Kier molecular flexibility index (Phi) is 7.23. The van der Waals surface area contributed by atoms with Crippen molar-refractivity contribution in [2.75, 3.05) is 26.2 Å². The number of rotatable bonds is 6. The van der Waals surface area contributed by atoms with E-state index in [0.717, 1.165) is 28.6 Å². The summed E-state index contributed by atoms with van der Waals surface area (Å²) in [6, 6.07) is 3.30. The second-order valence-electron chi connectivity index (χ2n) is 6.83. The third-order valence-electron chi connectivity index (χ3n) is 4.63. The largest absolute Gasteiger partial charge is 0.416 e. The molecule has 12 heteroatoms. The van der Waals surface area contributed by atoms with Gasteiger partial charge in [-0.25, -0.2) is 8.42 Å². The standard InChI is InChI=1S/C18H20F6N2O3S/c1-2-8-25(12-17(19,20)21)16(27)13-6-9-26(10-7-13)30(28,29)15-5-3-4-14(11-15)18(22,23)24/h2-5,11,13H,1,6-10,12H2. The minimum Gasteiger partial charge on any atom is -0.330 e. The first-order valence-corrected chi connectivity index (χ1v) is 10.3. The van der Waals surface area contributed by atoms with E-state index in [4.69, 9.17) is 0 Å². The highest BCUT2D eigenvalue weighted by Gasteiger charge is 2.38. The number of hydrogen-bond donors (Lipinski definition) is 0. The van der Waals surface area contributed by atoms with Crippen molar-refractivity contribution in [3.63, 3.8) is 0 Å². The van der Waals surface area contributed by atoms with Crippen molar-refractivity contribution in [3.8, 4) is 0 Å². The Hall–Kier alpha value is -2.08. The van der Waals surface area contributed by atoms with Gasteiger partial charge in [0.25, 0.3) is 0 Å². The Labute approximate surface area is 170 Å². The predicted octanol–water partition coefficient (Wildman–Crippen LogP) is 3.68. The normalized spacial score (nSPS) is 17.0. The Balaban J connectivity index is 2.10. The fourth-order valence-electron chi connectivity index (χ4n) is 3.19. The third-order valence-corrected chi connectivity index (χ3v) is 6.53. The fraction of sp³-hybridized carbons (Fsp3) is 0.500. The summed E-state index contributed by atoms with van der Waals surface area (Å²) >= 11 is 0. The molecule has 5 nitrogen and oxygen atoms in total. The maximum atomic E-state index is 12.9. The lowest BCUT2D eigenvalue weighted by molar-refractivity contribution is -0.163. The van der Waals surface area contributed by atoms with Gasteiger partial charge in [0, 0.05) is 25.6 Å². The van der Waals surface area contributed by atoms with Crippen molar-refractivity contribution in [2.45, 2.75) is 30.1 Å². The smallest absolute Gasteiger partial charge is 0.330 e. The van der Waals surface area contributed by atoms with E-state index >= 15 is 0 Å². The molecule has 0 bridgehead atoms. The minimum absolute atomic E-state index is 0.0392. The number of nitrogens with zero attached hydrogens (tertiary/aromatic N) is 2. The van der Waals surface area contributed by atoms with Crippen LogP contribution >= 0.6 is 0 Å². The summed E-state index contributed by atoms with van der Waals surface area (Å²) in [6.45, 7) is 1.20. The van der Waals surface area contributed by atoms with Crippen molar-refractivity contribution in [2.24, 2.45) is 5.92 Å². The van der Waals surface area contributed by atoms with Crippen LogP contribution in [0.25, 0.3) is 0 Å². The number of alkyl halides is 6. The number of sulfonamides is 1. The number of piperidine rings is 1. The second-order valence-corrected chi connectivity index (χ2v) is 8.76. The van der Waals surface area contributed by atoms with E-state index in [1.54, 1.807) is 0 Å². The Morgan fingerprint density at radius 2 is 1.77 bits per heavy atom. The molecular formula is C18H20F6N2O3S. The van der Waals surface area contributed by atoms with Crippen LogP contribution in [-0.2, 0) is 21.0 Å². The molecule has 1 fully saturated rings. The van der Waals surface area contributed by atoms with Crippen molar-refractivity contribution >= 4 is 15.9 Å². The molecule has 168 valence electrons. The zero-order valence-corrected chi connectivity index (χ0v) is 16.5. The molecule has 0 aromatic heterocycles. The van der Waals surface area contributed by atoms with Crippen LogP contribution in [0.5, 0.6) is 0 Å². The monoisotopic (exact) mass is 458 g/mol. The molecule has 1 heterocycles. The summed E-state index contributed by atoms with van der Waals surface area (Å²) in [5.74, 6) is -1.58. The first-order valence-electron chi connectivity index (χ1n) is 8.89. The molecule has 0 radical (unpaired) electrons. The van der Waals surface area contributed by atoms with Crippen molar-refractivity contribution < 1.29 is 39.6 Å². The molecule has 1 aliphatic rings. The Morgan fingerprint density at radius 3 is 2.27 bits per heavy atom. The third kappa shape index (κ3) is 5.97. The first-order chi connectivity index (χ1) is 13.8. The molecule has 0 aliphatic carbocycles. The summed E-state index contributed by atoms with van der Waals surface area (Å²) in [6.07, 6.45) is -8.22. The van der Waals surface area contributed by atoms with Gasteiger partial charge in [0.1, 0.15) is 6.54 Å². The van der Waals surface area contributed by atoms with Crippen LogP contribution in [0.4, 0.5) is 26.3 Å². The van der Waals surface area contributed by atoms with Gasteiger partial charge in [-0.1, -0.05) is 12.1 Å². The maximum absolute atomic E-state index is 12.9. The number of amides is 1. The molecule has 1 amide bonds. The molecule has 1 saturated heterocycles. The van der Waals surface area contributed by atoms with E-state index in [1.165, 1.54) is 0 Å². The van der Waals surface area contributed by atoms with E-state index in [9.17, 15) is 39.6 Å². The lowest BCUT2D eigenvalue weighted by Gasteiger charge is -2.33. The van der Waals surface area contributed by atoms with Crippen molar-refractivity contribution in [3.05, 3.63) is 42.5 Å². The van der Waals surface area contributed by atoms with Crippen LogP contribution < -0.4 is 0 Å². The Morgan fingerprint density at radius 1 is 1.17 bits per heavy atom. The van der Waals surface area contributed by atoms with E-state index in [0.29, 0.717) is 11.0 Å². The molecule has 1 aromatic carbocycles. The van der Waals surface area contributed by atoms with Crippen LogP contribution in [0.3, 0.4) is 0 Å². The highest BCUT2D eigenvalue weighted by atomic mass is 32.2. The van der Waals surface area contributed by atoms with Gasteiger partial charge in [0.05, 0.1) is 10.5 Å². The molecule has 0 N–H and O–H groups in total. The van der Waals surface area contributed by atoms with E-state index in [-0.39, 0.29) is 32.5 Å². The minimum atomic E-state index is -4.71. The van der Waals surface area contributed by atoms with Crippen LogP contribution in [-0.4, -0.2) is 55.9 Å². The molecular weight excluding hydrogens is 438 g/mol. The number of benzene rings is 1. The van der Waals surface area contributed by atoms with Gasteiger partial charge in [-0.05, 0) is 31.0 Å². The van der Waals surface area contributed by atoms with Gasteiger partial charge < -0.3 is 4.90 Å². The van der Waals surface area contributed by atoms with Crippen LogP contribution in [0, 0.1) is 5.92 Å². The number of hydrogen-bond acceptors (Lipinski definition) is 3. The van der Waals surface area contributed by atoms with Crippen molar-refractivity contribution in [1.82, 2.24) is 9.21 Å². The fourth-order valence-corrected chi connectivity index (χ4v) is 4.70. The summed E-state index contributed by atoms with van der Waals surface area (Å²) in [7, 11) is -4.24. The number of carbonyl (C=O) groups excluding carboxylic acids is 1. The highest BCUT2D eigenvalue weighted by molar-refractivity contribution is 7.89. The first kappa shape index (κ1) is 24.2. The van der Waals surface area contributed by atoms with E-state index < -0.39 is 51.2 Å². The lowest BCUT2D eigenvalue weighted by atomic mass is 9.96. The van der Waals surface area contributed by atoms with Gasteiger partial charge in [-0.2, -0.15) is 30.6 Å². The van der Waals surface area contributed by atoms with Gasteiger partial charge in [-0.15, -0.1) is 6.58 Å². The molecule has 30 heavy (non-hydrogen) atoms. The second kappa shape index (κ2) is 8.96.